The molecular weight excluding hydrogens is 504 g/mol. The second kappa shape index (κ2) is 12.1. The van der Waals surface area contributed by atoms with Crippen LogP contribution in [-0.4, -0.2) is 21.9 Å². The standard InChI is InChI=1S/C28H22N4O3S2/c33-26(30-24-13-7-8-14-25(24)35-22-11-5-2-6-12-22)19-36-28-32-31-27(37-28)29-20-15-17-23(18-16-20)34-21-9-3-1-4-10-21/h1-18H,19H2,(H,29,31)(H,30,33). The molecule has 0 aliphatic heterocycles. The van der Waals surface area contributed by atoms with Crippen LogP contribution in [0, 0.1) is 0 Å². The number of thioether (sulfide) groups is 1. The highest BCUT2D eigenvalue weighted by Gasteiger charge is 2.12. The Labute approximate surface area is 222 Å². The maximum atomic E-state index is 12.6. The van der Waals surface area contributed by atoms with E-state index in [-0.39, 0.29) is 11.7 Å². The number of nitrogens with zero attached hydrogens (tertiary/aromatic N) is 2. The zero-order valence-corrected chi connectivity index (χ0v) is 21.2. The molecule has 0 saturated heterocycles. The molecule has 4 aromatic carbocycles. The fourth-order valence-electron chi connectivity index (χ4n) is 3.26. The Morgan fingerprint density at radius 3 is 2.08 bits per heavy atom. The highest BCUT2D eigenvalue weighted by Crippen LogP contribution is 2.31. The minimum atomic E-state index is -0.159. The molecule has 0 fully saturated rings. The number of ether oxygens (including phenoxy) is 2. The number of rotatable bonds is 10. The Kier molecular flexibility index (Phi) is 7.94. The lowest BCUT2D eigenvalue weighted by Gasteiger charge is -2.11. The van der Waals surface area contributed by atoms with Crippen LogP contribution in [0.15, 0.2) is 114 Å². The summed E-state index contributed by atoms with van der Waals surface area (Å²) in [7, 11) is 0. The van der Waals surface area contributed by atoms with E-state index < -0.39 is 0 Å². The summed E-state index contributed by atoms with van der Waals surface area (Å²) in [4.78, 5) is 12.6. The van der Waals surface area contributed by atoms with Gasteiger partial charge in [-0.05, 0) is 60.7 Å². The summed E-state index contributed by atoms with van der Waals surface area (Å²) in [6, 6.07) is 34.0. The maximum Gasteiger partial charge on any atom is 0.234 e. The number of nitrogens with one attached hydrogen (secondary N) is 2. The van der Waals surface area contributed by atoms with Gasteiger partial charge in [-0.1, -0.05) is 71.6 Å². The molecule has 0 aliphatic carbocycles. The van der Waals surface area contributed by atoms with Crippen molar-refractivity contribution in [3.8, 4) is 23.0 Å². The van der Waals surface area contributed by atoms with Gasteiger partial charge in [-0.2, -0.15) is 0 Å². The van der Waals surface area contributed by atoms with Crippen molar-refractivity contribution in [1.29, 1.82) is 0 Å². The third kappa shape index (κ3) is 7.09. The van der Waals surface area contributed by atoms with Crippen molar-refractivity contribution in [2.45, 2.75) is 4.34 Å². The molecule has 5 aromatic rings. The van der Waals surface area contributed by atoms with Gasteiger partial charge in [-0.15, -0.1) is 10.2 Å². The molecule has 0 atom stereocenters. The molecule has 0 bridgehead atoms. The molecular formula is C28H22N4O3S2. The van der Waals surface area contributed by atoms with Crippen LogP contribution in [0.25, 0.3) is 0 Å². The van der Waals surface area contributed by atoms with Crippen LogP contribution >= 0.6 is 23.1 Å². The van der Waals surface area contributed by atoms with Crippen LogP contribution in [-0.2, 0) is 4.79 Å². The Hall–Kier alpha value is -4.34. The number of anilines is 3. The Balaban J connectivity index is 1.12. The number of carbonyl (C=O) groups excluding carboxylic acids is 1. The van der Waals surface area contributed by atoms with Crippen molar-refractivity contribution in [1.82, 2.24) is 10.2 Å². The predicted octanol–water partition coefficient (Wildman–Crippen LogP) is 7.60. The molecule has 0 spiro atoms. The summed E-state index contributed by atoms with van der Waals surface area (Å²) in [5, 5.41) is 15.1. The highest BCUT2D eigenvalue weighted by atomic mass is 32.2. The molecule has 0 aliphatic rings. The molecule has 1 amide bonds. The topological polar surface area (TPSA) is 85.4 Å². The van der Waals surface area contributed by atoms with Crippen LogP contribution in [0.2, 0.25) is 0 Å². The molecule has 0 saturated carbocycles. The van der Waals surface area contributed by atoms with Crippen molar-refractivity contribution in [2.75, 3.05) is 16.4 Å². The van der Waals surface area contributed by atoms with Crippen LogP contribution in [0.4, 0.5) is 16.5 Å². The van der Waals surface area contributed by atoms with Gasteiger partial charge >= 0.3 is 0 Å². The number of hydrogen-bond donors (Lipinski definition) is 2. The third-order valence-electron chi connectivity index (χ3n) is 4.95. The zero-order chi connectivity index (χ0) is 25.3. The molecule has 5 rings (SSSR count). The predicted molar refractivity (Wildman–Crippen MR) is 148 cm³/mol. The monoisotopic (exact) mass is 526 g/mol. The second-order valence-electron chi connectivity index (χ2n) is 7.69. The fourth-order valence-corrected chi connectivity index (χ4v) is 4.83. The lowest BCUT2D eigenvalue weighted by atomic mass is 10.3. The van der Waals surface area contributed by atoms with Crippen LogP contribution in [0.5, 0.6) is 23.0 Å². The smallest absolute Gasteiger partial charge is 0.234 e. The summed E-state index contributed by atoms with van der Waals surface area (Å²) < 4.78 is 12.4. The number of hydrogen-bond acceptors (Lipinski definition) is 8. The van der Waals surface area contributed by atoms with E-state index in [1.807, 2.05) is 109 Å². The van der Waals surface area contributed by atoms with E-state index >= 15 is 0 Å². The normalized spacial score (nSPS) is 10.5. The van der Waals surface area contributed by atoms with E-state index in [1.165, 1.54) is 23.1 Å². The van der Waals surface area contributed by atoms with Gasteiger partial charge in [0.25, 0.3) is 0 Å². The molecule has 1 aromatic heterocycles. The second-order valence-corrected chi connectivity index (χ2v) is 9.89. The van der Waals surface area contributed by atoms with Gasteiger partial charge in [0.2, 0.25) is 11.0 Å². The molecule has 184 valence electrons. The first-order valence-corrected chi connectivity index (χ1v) is 13.2. The number of amides is 1. The fraction of sp³-hybridized carbons (Fsp3) is 0.0357. The number of aromatic nitrogens is 2. The first kappa shape index (κ1) is 24.4. The average Bonchev–Trinajstić information content (AvgIpc) is 3.38. The van der Waals surface area contributed by atoms with E-state index in [4.69, 9.17) is 9.47 Å². The molecule has 1 heterocycles. The first-order valence-electron chi connectivity index (χ1n) is 11.4. The lowest BCUT2D eigenvalue weighted by Crippen LogP contribution is -2.14. The first-order chi connectivity index (χ1) is 18.2. The van der Waals surface area contributed by atoms with Gasteiger partial charge in [0.15, 0.2) is 10.1 Å². The van der Waals surface area contributed by atoms with E-state index in [0.717, 1.165) is 17.2 Å². The van der Waals surface area contributed by atoms with Crippen molar-refractivity contribution in [2.24, 2.45) is 0 Å². The van der Waals surface area contributed by atoms with Crippen molar-refractivity contribution >= 4 is 45.5 Å². The SMILES string of the molecule is O=C(CSc1nnc(Nc2ccc(Oc3ccccc3)cc2)s1)Nc1ccccc1Oc1ccccc1. The minimum Gasteiger partial charge on any atom is -0.457 e. The van der Waals surface area contributed by atoms with Crippen LogP contribution in [0.3, 0.4) is 0 Å². The number of para-hydroxylation sites is 4. The zero-order valence-electron chi connectivity index (χ0n) is 19.5. The van der Waals surface area contributed by atoms with Gasteiger partial charge in [0, 0.05) is 5.69 Å². The van der Waals surface area contributed by atoms with E-state index in [9.17, 15) is 4.79 Å². The molecule has 2 N–H and O–H groups in total. The lowest BCUT2D eigenvalue weighted by molar-refractivity contribution is -0.113. The number of carbonyl (C=O) groups is 1. The van der Waals surface area contributed by atoms with Crippen molar-refractivity contribution in [3.63, 3.8) is 0 Å². The van der Waals surface area contributed by atoms with Crippen molar-refractivity contribution < 1.29 is 14.3 Å². The quantitative estimate of drug-likeness (QED) is 0.181. The highest BCUT2D eigenvalue weighted by molar-refractivity contribution is 8.01. The summed E-state index contributed by atoms with van der Waals surface area (Å²) >= 11 is 2.71. The number of benzene rings is 4. The molecule has 9 heteroatoms. The molecule has 37 heavy (non-hydrogen) atoms. The van der Waals surface area contributed by atoms with Gasteiger partial charge in [-0.25, -0.2) is 0 Å². The van der Waals surface area contributed by atoms with Crippen LogP contribution < -0.4 is 20.1 Å². The molecule has 0 radical (unpaired) electrons. The Bertz CT molecular complexity index is 1450. The summed E-state index contributed by atoms with van der Waals surface area (Å²) in [5.74, 6) is 2.84. The minimum absolute atomic E-state index is 0.159. The molecule has 0 unspecified atom stereocenters. The third-order valence-corrected chi connectivity index (χ3v) is 6.92. The molecule has 7 nitrogen and oxygen atoms in total. The Morgan fingerprint density at radius 1 is 0.730 bits per heavy atom. The maximum absolute atomic E-state index is 12.6. The summed E-state index contributed by atoms with van der Waals surface area (Å²) in [6.07, 6.45) is 0. The van der Waals surface area contributed by atoms with Crippen LogP contribution in [0.1, 0.15) is 0 Å². The Morgan fingerprint density at radius 2 is 1.35 bits per heavy atom. The largest absolute Gasteiger partial charge is 0.457 e. The van der Waals surface area contributed by atoms with Gasteiger partial charge in [0.1, 0.15) is 17.2 Å². The van der Waals surface area contributed by atoms with E-state index in [1.54, 1.807) is 0 Å². The van der Waals surface area contributed by atoms with Gasteiger partial charge in [-0.3, -0.25) is 4.79 Å². The van der Waals surface area contributed by atoms with Gasteiger partial charge < -0.3 is 20.1 Å². The van der Waals surface area contributed by atoms with Gasteiger partial charge in [0.05, 0.1) is 11.4 Å². The van der Waals surface area contributed by atoms with E-state index in [2.05, 4.69) is 20.8 Å². The summed E-state index contributed by atoms with van der Waals surface area (Å²) in [6.45, 7) is 0. The average molecular weight is 527 g/mol. The van der Waals surface area contributed by atoms with E-state index in [0.29, 0.717) is 26.7 Å². The van der Waals surface area contributed by atoms with Crippen molar-refractivity contribution in [3.05, 3.63) is 109 Å². The summed E-state index contributed by atoms with van der Waals surface area (Å²) in [5.41, 5.74) is 1.47.